The number of benzene rings is 1. The number of rotatable bonds is 2. The summed E-state index contributed by atoms with van der Waals surface area (Å²) >= 11 is 0. The Labute approximate surface area is 160 Å². The molecular formula is C22H23N5. The molecule has 0 aromatic heterocycles. The Morgan fingerprint density at radius 3 is 2.30 bits per heavy atom. The summed E-state index contributed by atoms with van der Waals surface area (Å²) in [6, 6.07) is 14.8. The van der Waals surface area contributed by atoms with E-state index in [1.165, 1.54) is 0 Å². The van der Waals surface area contributed by atoms with E-state index in [9.17, 15) is 15.8 Å². The minimum Gasteiger partial charge on any atom is -0.399 e. The van der Waals surface area contributed by atoms with Crippen molar-refractivity contribution in [3.63, 3.8) is 0 Å². The number of nitrogens with zero attached hydrogens (tertiary/aromatic N) is 4. The summed E-state index contributed by atoms with van der Waals surface area (Å²) in [7, 11) is 0. The first-order chi connectivity index (χ1) is 12.9. The topological polar surface area (TPSA) is 101 Å². The van der Waals surface area contributed by atoms with E-state index in [2.05, 4.69) is 37.0 Å². The molecule has 0 saturated carbocycles. The van der Waals surface area contributed by atoms with E-state index in [1.54, 1.807) is 0 Å². The zero-order chi connectivity index (χ0) is 19.8. The molecule has 1 aliphatic carbocycles. The number of nitriles is 3. The summed E-state index contributed by atoms with van der Waals surface area (Å²) in [5, 5.41) is 29.8. The highest BCUT2D eigenvalue weighted by Crippen LogP contribution is 2.54. The number of aryl methyl sites for hydroxylation is 1. The van der Waals surface area contributed by atoms with Gasteiger partial charge in [0.15, 0.2) is 5.41 Å². The van der Waals surface area contributed by atoms with Crippen molar-refractivity contribution in [2.75, 3.05) is 13.1 Å². The molecule has 0 spiro atoms. The van der Waals surface area contributed by atoms with E-state index in [0.29, 0.717) is 18.2 Å². The van der Waals surface area contributed by atoms with Crippen LogP contribution in [0.2, 0.25) is 0 Å². The van der Waals surface area contributed by atoms with Crippen molar-refractivity contribution >= 4 is 0 Å². The van der Waals surface area contributed by atoms with Crippen molar-refractivity contribution in [1.82, 2.24) is 4.90 Å². The first kappa shape index (κ1) is 18.7. The molecular weight excluding hydrogens is 334 g/mol. The minimum atomic E-state index is -1.55. The summed E-state index contributed by atoms with van der Waals surface area (Å²) in [6.45, 7) is 7.67. The monoisotopic (exact) mass is 357 g/mol. The van der Waals surface area contributed by atoms with E-state index in [0.717, 1.165) is 23.2 Å². The van der Waals surface area contributed by atoms with Gasteiger partial charge in [-0.25, -0.2) is 0 Å². The number of fused-ring (bicyclic) bond motifs is 1. The fraction of sp³-hybridized carbons (Fsp3) is 0.409. The SMILES string of the molecule is Cc1ccc([C@@H]2[C@H]3CN(C(C)C)CC=C3C(C#N)=C(N)C2(C#N)C#N)cc1. The highest BCUT2D eigenvalue weighted by molar-refractivity contribution is 5.59. The van der Waals surface area contributed by atoms with Crippen LogP contribution in [0.1, 0.15) is 30.9 Å². The average molecular weight is 357 g/mol. The van der Waals surface area contributed by atoms with Crippen LogP contribution in [0.4, 0.5) is 0 Å². The van der Waals surface area contributed by atoms with E-state index >= 15 is 0 Å². The molecule has 0 radical (unpaired) electrons. The van der Waals surface area contributed by atoms with Crippen LogP contribution < -0.4 is 5.73 Å². The summed E-state index contributed by atoms with van der Waals surface area (Å²) in [5.41, 5.74) is 8.03. The van der Waals surface area contributed by atoms with Crippen molar-refractivity contribution in [3.8, 4) is 18.2 Å². The maximum atomic E-state index is 10.0. The molecule has 0 amide bonds. The van der Waals surface area contributed by atoms with Crippen LogP contribution in [-0.2, 0) is 0 Å². The largest absolute Gasteiger partial charge is 0.399 e. The van der Waals surface area contributed by atoms with Gasteiger partial charge in [0.1, 0.15) is 6.07 Å². The molecule has 2 atom stereocenters. The third kappa shape index (κ3) is 2.80. The fourth-order valence-corrected chi connectivity index (χ4v) is 4.27. The normalized spacial score (nSPS) is 24.4. The van der Waals surface area contributed by atoms with Gasteiger partial charge in [-0.2, -0.15) is 15.8 Å². The molecule has 5 nitrogen and oxygen atoms in total. The second-order valence-corrected chi connectivity index (χ2v) is 7.63. The first-order valence-corrected chi connectivity index (χ1v) is 9.13. The lowest BCUT2D eigenvalue weighted by Crippen LogP contribution is -2.49. The quantitative estimate of drug-likeness (QED) is 0.876. The summed E-state index contributed by atoms with van der Waals surface area (Å²) in [5.74, 6) is -0.553. The molecule has 1 heterocycles. The van der Waals surface area contributed by atoms with Gasteiger partial charge < -0.3 is 5.73 Å². The maximum Gasteiger partial charge on any atom is 0.191 e. The molecule has 0 bridgehead atoms. The Morgan fingerprint density at radius 1 is 1.15 bits per heavy atom. The van der Waals surface area contributed by atoms with Crippen LogP contribution >= 0.6 is 0 Å². The first-order valence-electron chi connectivity index (χ1n) is 9.13. The molecule has 0 unspecified atom stereocenters. The number of hydrogen-bond acceptors (Lipinski definition) is 5. The Hall–Kier alpha value is -3.07. The second-order valence-electron chi connectivity index (χ2n) is 7.63. The summed E-state index contributed by atoms with van der Waals surface area (Å²) < 4.78 is 0. The lowest BCUT2D eigenvalue weighted by atomic mass is 9.58. The van der Waals surface area contributed by atoms with Crippen molar-refractivity contribution in [2.24, 2.45) is 17.1 Å². The predicted molar refractivity (Wildman–Crippen MR) is 103 cm³/mol. The highest BCUT2D eigenvalue weighted by atomic mass is 15.2. The maximum absolute atomic E-state index is 10.0. The van der Waals surface area contributed by atoms with Crippen LogP contribution in [-0.4, -0.2) is 24.0 Å². The molecule has 0 saturated heterocycles. The standard InChI is InChI=1S/C22H23N5/c1-14(2)27-9-8-17-18(10-23)21(26)22(12-24,13-25)20(19(17)11-27)16-6-4-15(3)5-7-16/h4-8,14,19-20H,9,11,26H2,1-3H3/t19-,20+/m0/s1. The van der Waals surface area contributed by atoms with Crippen LogP contribution in [0.25, 0.3) is 0 Å². The molecule has 1 aromatic rings. The summed E-state index contributed by atoms with van der Waals surface area (Å²) in [4.78, 5) is 2.30. The zero-order valence-corrected chi connectivity index (χ0v) is 15.9. The van der Waals surface area contributed by atoms with Crippen LogP contribution in [0.3, 0.4) is 0 Å². The lowest BCUT2D eigenvalue weighted by Gasteiger charge is -2.46. The van der Waals surface area contributed by atoms with Gasteiger partial charge in [-0.05, 0) is 31.9 Å². The van der Waals surface area contributed by atoms with Crippen LogP contribution in [0.15, 0.2) is 47.2 Å². The molecule has 0 fully saturated rings. The molecule has 3 rings (SSSR count). The van der Waals surface area contributed by atoms with Gasteiger partial charge in [0.2, 0.25) is 0 Å². The Bertz CT molecular complexity index is 917. The van der Waals surface area contributed by atoms with Gasteiger partial charge in [0.25, 0.3) is 0 Å². The lowest BCUT2D eigenvalue weighted by molar-refractivity contribution is 0.174. The van der Waals surface area contributed by atoms with Crippen molar-refractivity contribution in [1.29, 1.82) is 15.8 Å². The molecule has 1 aliphatic heterocycles. The Morgan fingerprint density at radius 2 is 1.78 bits per heavy atom. The van der Waals surface area contributed by atoms with E-state index < -0.39 is 11.3 Å². The van der Waals surface area contributed by atoms with E-state index in [4.69, 9.17) is 5.73 Å². The van der Waals surface area contributed by atoms with Crippen molar-refractivity contribution in [3.05, 3.63) is 58.3 Å². The highest BCUT2D eigenvalue weighted by Gasteiger charge is 2.54. The zero-order valence-electron chi connectivity index (χ0n) is 15.9. The third-order valence-corrected chi connectivity index (χ3v) is 5.86. The molecule has 27 heavy (non-hydrogen) atoms. The van der Waals surface area contributed by atoms with Crippen LogP contribution in [0, 0.1) is 52.2 Å². The Balaban J connectivity index is 2.29. The smallest absolute Gasteiger partial charge is 0.191 e. The molecule has 5 heteroatoms. The third-order valence-electron chi connectivity index (χ3n) is 5.86. The molecule has 1 aromatic carbocycles. The van der Waals surface area contributed by atoms with Gasteiger partial charge in [0, 0.05) is 31.0 Å². The van der Waals surface area contributed by atoms with Crippen LogP contribution in [0.5, 0.6) is 0 Å². The van der Waals surface area contributed by atoms with Gasteiger partial charge >= 0.3 is 0 Å². The van der Waals surface area contributed by atoms with Gasteiger partial charge in [-0.3, -0.25) is 4.90 Å². The minimum absolute atomic E-state index is 0.0843. The average Bonchev–Trinajstić information content (AvgIpc) is 2.67. The van der Waals surface area contributed by atoms with Gasteiger partial charge in [0.05, 0.1) is 23.4 Å². The van der Waals surface area contributed by atoms with E-state index in [1.807, 2.05) is 37.3 Å². The Kier molecular flexibility index (Phi) is 4.79. The molecule has 136 valence electrons. The summed E-state index contributed by atoms with van der Waals surface area (Å²) in [6.07, 6.45) is 2.04. The van der Waals surface area contributed by atoms with Gasteiger partial charge in [-0.15, -0.1) is 0 Å². The fourth-order valence-electron chi connectivity index (χ4n) is 4.27. The van der Waals surface area contributed by atoms with E-state index in [-0.39, 0.29) is 11.6 Å². The molecule has 2 N–H and O–H groups in total. The van der Waals surface area contributed by atoms with Gasteiger partial charge in [-0.1, -0.05) is 35.9 Å². The number of hydrogen-bond donors (Lipinski definition) is 1. The van der Waals surface area contributed by atoms with Crippen molar-refractivity contribution < 1.29 is 0 Å². The predicted octanol–water partition coefficient (Wildman–Crippen LogP) is 3.13. The molecule has 2 aliphatic rings. The number of allylic oxidation sites excluding steroid dienone is 2. The second kappa shape index (κ2) is 6.92. The van der Waals surface area contributed by atoms with Crippen molar-refractivity contribution in [2.45, 2.75) is 32.7 Å². The number of nitrogens with two attached hydrogens (primary N) is 1.